The van der Waals surface area contributed by atoms with E-state index in [4.69, 9.17) is 13.9 Å². The summed E-state index contributed by atoms with van der Waals surface area (Å²) < 4.78 is 15.5. The Morgan fingerprint density at radius 3 is 2.24 bits per heavy atom. The number of carbonyl (C=O) groups is 1. The predicted molar refractivity (Wildman–Crippen MR) is 78.5 cm³/mol. The van der Waals surface area contributed by atoms with E-state index in [1.807, 2.05) is 45.0 Å². The molecule has 21 heavy (non-hydrogen) atoms. The minimum atomic E-state index is -0.521. The van der Waals surface area contributed by atoms with Crippen LogP contribution in [-0.2, 0) is 10.2 Å². The van der Waals surface area contributed by atoms with Crippen molar-refractivity contribution in [1.82, 2.24) is 4.98 Å². The van der Waals surface area contributed by atoms with E-state index in [0.29, 0.717) is 11.6 Å². The fourth-order valence-electron chi connectivity index (χ4n) is 1.92. The zero-order valence-corrected chi connectivity index (χ0v) is 12.9. The highest BCUT2D eigenvalue weighted by Crippen LogP contribution is 2.31. The molecule has 2 rings (SSSR count). The Morgan fingerprint density at radius 2 is 1.76 bits per heavy atom. The molecule has 0 fully saturated rings. The average molecular weight is 289 g/mol. The molecule has 0 amide bonds. The predicted octanol–water partition coefficient (Wildman–Crippen LogP) is 3.43. The molecule has 0 aliphatic heterocycles. The van der Waals surface area contributed by atoms with Crippen molar-refractivity contribution in [3.8, 4) is 17.2 Å². The van der Waals surface area contributed by atoms with Crippen LogP contribution in [0.5, 0.6) is 5.75 Å². The van der Waals surface area contributed by atoms with Gasteiger partial charge in [0, 0.05) is 11.0 Å². The van der Waals surface area contributed by atoms with Gasteiger partial charge in [-0.25, -0.2) is 9.78 Å². The van der Waals surface area contributed by atoms with Gasteiger partial charge in [0.1, 0.15) is 11.4 Å². The van der Waals surface area contributed by atoms with Gasteiger partial charge in [0.05, 0.1) is 14.2 Å². The van der Waals surface area contributed by atoms with E-state index in [1.54, 1.807) is 7.11 Å². The molecule has 1 aromatic heterocycles. The van der Waals surface area contributed by atoms with Crippen LogP contribution in [0.25, 0.3) is 11.5 Å². The van der Waals surface area contributed by atoms with E-state index in [2.05, 4.69) is 4.98 Å². The van der Waals surface area contributed by atoms with Gasteiger partial charge in [-0.1, -0.05) is 20.8 Å². The van der Waals surface area contributed by atoms with E-state index in [9.17, 15) is 4.79 Å². The van der Waals surface area contributed by atoms with Crippen molar-refractivity contribution in [1.29, 1.82) is 0 Å². The number of aromatic nitrogens is 1. The van der Waals surface area contributed by atoms with Crippen molar-refractivity contribution in [2.75, 3.05) is 14.2 Å². The first kappa shape index (κ1) is 15.1. The number of hydrogen-bond donors (Lipinski definition) is 0. The summed E-state index contributed by atoms with van der Waals surface area (Å²) in [6.45, 7) is 5.90. The second kappa shape index (κ2) is 5.60. The molecule has 0 aliphatic carbocycles. The number of hydrogen-bond acceptors (Lipinski definition) is 5. The van der Waals surface area contributed by atoms with E-state index in [1.165, 1.54) is 7.11 Å². The summed E-state index contributed by atoms with van der Waals surface area (Å²) in [5.41, 5.74) is 1.04. The zero-order chi connectivity index (χ0) is 15.6. The summed E-state index contributed by atoms with van der Waals surface area (Å²) in [5.74, 6) is 0.764. The molecular formula is C16H19NO4. The molecule has 0 atom stereocenters. The number of rotatable bonds is 3. The molecule has 5 heteroatoms. The molecule has 0 bridgehead atoms. The first-order chi connectivity index (χ1) is 9.86. The second-order valence-corrected chi connectivity index (χ2v) is 5.67. The van der Waals surface area contributed by atoms with Crippen molar-refractivity contribution in [3.05, 3.63) is 35.7 Å². The molecule has 5 nitrogen and oxygen atoms in total. The van der Waals surface area contributed by atoms with Gasteiger partial charge in [-0.3, -0.25) is 0 Å². The fraction of sp³-hybridized carbons (Fsp3) is 0.375. The standard InChI is InChI=1S/C16H19NO4/c1-16(2,3)13-12(15(18)20-5)21-14(17-13)10-6-8-11(19-4)9-7-10/h6-9H,1-5H3. The molecule has 0 aliphatic rings. The second-order valence-electron chi connectivity index (χ2n) is 5.67. The number of esters is 1. The monoisotopic (exact) mass is 289 g/mol. The first-order valence-corrected chi connectivity index (χ1v) is 6.61. The third-order valence-corrected chi connectivity index (χ3v) is 3.05. The van der Waals surface area contributed by atoms with Crippen LogP contribution in [0.2, 0.25) is 0 Å². The summed E-state index contributed by atoms with van der Waals surface area (Å²) in [6.07, 6.45) is 0. The number of ether oxygens (including phenoxy) is 2. The van der Waals surface area contributed by atoms with Crippen LogP contribution in [-0.4, -0.2) is 25.2 Å². The van der Waals surface area contributed by atoms with Crippen LogP contribution in [0.3, 0.4) is 0 Å². The van der Waals surface area contributed by atoms with E-state index in [0.717, 1.165) is 11.3 Å². The van der Waals surface area contributed by atoms with E-state index in [-0.39, 0.29) is 11.2 Å². The highest BCUT2D eigenvalue weighted by Gasteiger charge is 2.29. The van der Waals surface area contributed by atoms with Crippen LogP contribution < -0.4 is 4.74 Å². The summed E-state index contributed by atoms with van der Waals surface area (Å²) in [4.78, 5) is 16.3. The largest absolute Gasteiger partial charge is 0.497 e. The van der Waals surface area contributed by atoms with Gasteiger partial charge in [0.2, 0.25) is 11.7 Å². The molecule has 0 saturated heterocycles. The lowest BCUT2D eigenvalue weighted by atomic mass is 9.91. The van der Waals surface area contributed by atoms with E-state index < -0.39 is 5.97 Å². The Hall–Kier alpha value is -2.30. The average Bonchev–Trinajstić information content (AvgIpc) is 2.92. The van der Waals surface area contributed by atoms with Crippen LogP contribution in [0.1, 0.15) is 37.0 Å². The Balaban J connectivity index is 2.50. The normalized spacial score (nSPS) is 11.3. The lowest BCUT2D eigenvalue weighted by molar-refractivity contribution is 0.0562. The molecule has 1 heterocycles. The Kier molecular flexibility index (Phi) is 4.02. The maximum atomic E-state index is 11.9. The third kappa shape index (κ3) is 3.07. The van der Waals surface area contributed by atoms with Crippen molar-refractivity contribution >= 4 is 5.97 Å². The van der Waals surface area contributed by atoms with Gasteiger partial charge in [0.15, 0.2) is 0 Å². The number of benzene rings is 1. The maximum absolute atomic E-state index is 11.9. The Morgan fingerprint density at radius 1 is 1.14 bits per heavy atom. The summed E-state index contributed by atoms with van der Waals surface area (Å²) in [7, 11) is 2.93. The molecule has 0 saturated carbocycles. The molecule has 1 aromatic carbocycles. The minimum Gasteiger partial charge on any atom is -0.497 e. The molecule has 112 valence electrons. The minimum absolute atomic E-state index is 0.149. The highest BCUT2D eigenvalue weighted by molar-refractivity contribution is 5.88. The number of methoxy groups -OCH3 is 2. The van der Waals surface area contributed by atoms with Gasteiger partial charge in [-0.2, -0.15) is 0 Å². The molecule has 2 aromatic rings. The van der Waals surface area contributed by atoms with Crippen LogP contribution in [0, 0.1) is 0 Å². The quantitative estimate of drug-likeness (QED) is 0.810. The lowest BCUT2D eigenvalue weighted by Gasteiger charge is -2.15. The van der Waals surface area contributed by atoms with Crippen molar-refractivity contribution in [3.63, 3.8) is 0 Å². The van der Waals surface area contributed by atoms with Crippen molar-refractivity contribution in [2.45, 2.75) is 26.2 Å². The lowest BCUT2D eigenvalue weighted by Crippen LogP contribution is -2.17. The number of oxazole rings is 1. The Bertz CT molecular complexity index is 635. The molecule has 0 spiro atoms. The first-order valence-electron chi connectivity index (χ1n) is 6.61. The molecule has 0 radical (unpaired) electrons. The SMILES string of the molecule is COC(=O)c1oc(-c2ccc(OC)cc2)nc1C(C)(C)C. The zero-order valence-electron chi connectivity index (χ0n) is 12.9. The summed E-state index contributed by atoms with van der Waals surface area (Å²) >= 11 is 0. The highest BCUT2D eigenvalue weighted by atomic mass is 16.5. The van der Waals surface area contributed by atoms with Gasteiger partial charge < -0.3 is 13.9 Å². The number of carbonyl (C=O) groups excluding carboxylic acids is 1. The molecule has 0 unspecified atom stereocenters. The van der Waals surface area contributed by atoms with Crippen molar-refractivity contribution in [2.24, 2.45) is 0 Å². The van der Waals surface area contributed by atoms with Gasteiger partial charge in [0.25, 0.3) is 0 Å². The summed E-state index contributed by atoms with van der Waals surface area (Å²) in [6, 6.07) is 7.29. The number of nitrogens with zero attached hydrogens (tertiary/aromatic N) is 1. The van der Waals surface area contributed by atoms with Gasteiger partial charge in [-0.05, 0) is 24.3 Å². The van der Waals surface area contributed by atoms with Crippen molar-refractivity contribution < 1.29 is 18.7 Å². The molecular weight excluding hydrogens is 270 g/mol. The van der Waals surface area contributed by atoms with Gasteiger partial charge >= 0.3 is 5.97 Å². The van der Waals surface area contributed by atoms with Crippen LogP contribution >= 0.6 is 0 Å². The van der Waals surface area contributed by atoms with Crippen LogP contribution in [0.4, 0.5) is 0 Å². The Labute approximate surface area is 123 Å². The van der Waals surface area contributed by atoms with Crippen LogP contribution in [0.15, 0.2) is 28.7 Å². The smallest absolute Gasteiger partial charge is 0.376 e. The molecule has 0 N–H and O–H groups in total. The maximum Gasteiger partial charge on any atom is 0.376 e. The van der Waals surface area contributed by atoms with Gasteiger partial charge in [-0.15, -0.1) is 0 Å². The fourth-order valence-corrected chi connectivity index (χ4v) is 1.92. The summed E-state index contributed by atoms with van der Waals surface area (Å²) in [5, 5.41) is 0. The third-order valence-electron chi connectivity index (χ3n) is 3.05. The van der Waals surface area contributed by atoms with E-state index >= 15 is 0 Å². The topological polar surface area (TPSA) is 61.6 Å².